The Kier molecular flexibility index (Phi) is 6.40. The van der Waals surface area contributed by atoms with Crippen molar-refractivity contribution in [2.45, 2.75) is 6.61 Å². The number of halogens is 2. The number of nitrogens with zero attached hydrogens (tertiary/aromatic N) is 2. The Morgan fingerprint density at radius 1 is 0.818 bits per heavy atom. The first-order chi connectivity index (χ1) is 16.0. The van der Waals surface area contributed by atoms with Crippen molar-refractivity contribution in [3.05, 3.63) is 102 Å². The lowest BCUT2D eigenvalue weighted by Crippen LogP contribution is -2.41. The molecule has 33 heavy (non-hydrogen) atoms. The molecule has 0 aliphatic heterocycles. The second kappa shape index (κ2) is 9.73. The summed E-state index contributed by atoms with van der Waals surface area (Å²) in [5, 5.41) is 4.56. The molecular formula is C24H18F2N4O3. The van der Waals surface area contributed by atoms with Crippen molar-refractivity contribution in [2.24, 2.45) is 0 Å². The van der Waals surface area contributed by atoms with E-state index in [0.717, 1.165) is 11.3 Å². The zero-order valence-electron chi connectivity index (χ0n) is 17.1. The Bertz CT molecular complexity index is 1240. The summed E-state index contributed by atoms with van der Waals surface area (Å²) >= 11 is 0. The molecule has 2 amide bonds. The van der Waals surface area contributed by atoms with Crippen molar-refractivity contribution >= 4 is 11.8 Å². The first kappa shape index (κ1) is 21.7. The van der Waals surface area contributed by atoms with Crippen LogP contribution < -0.4 is 15.6 Å². The zero-order valence-corrected chi connectivity index (χ0v) is 17.1. The van der Waals surface area contributed by atoms with E-state index >= 15 is 0 Å². The van der Waals surface area contributed by atoms with Crippen LogP contribution >= 0.6 is 0 Å². The van der Waals surface area contributed by atoms with Crippen molar-refractivity contribution in [3.63, 3.8) is 0 Å². The van der Waals surface area contributed by atoms with Gasteiger partial charge >= 0.3 is 6.61 Å². The summed E-state index contributed by atoms with van der Waals surface area (Å²) in [6.07, 6.45) is 1.58. The lowest BCUT2D eigenvalue weighted by molar-refractivity contribution is -0.0498. The SMILES string of the molecule is O=C(NNC(=O)c1cn(-c2ccccc2)nc1-c1ccccc1)c1ccc(OC(F)F)cc1. The minimum Gasteiger partial charge on any atom is -0.435 e. The van der Waals surface area contributed by atoms with Crippen LogP contribution in [0.15, 0.2) is 91.1 Å². The van der Waals surface area contributed by atoms with Gasteiger partial charge in [-0.1, -0.05) is 48.5 Å². The fraction of sp³-hybridized carbons (Fsp3) is 0.0417. The molecule has 7 nitrogen and oxygen atoms in total. The highest BCUT2D eigenvalue weighted by Crippen LogP contribution is 2.23. The first-order valence-corrected chi connectivity index (χ1v) is 9.87. The molecule has 2 N–H and O–H groups in total. The minimum atomic E-state index is -2.96. The molecule has 4 aromatic rings. The quantitative estimate of drug-likeness (QED) is 0.433. The van der Waals surface area contributed by atoms with Crippen LogP contribution in [0.1, 0.15) is 20.7 Å². The number of hydrogen-bond donors (Lipinski definition) is 2. The number of hydrazine groups is 1. The van der Waals surface area contributed by atoms with Crippen molar-refractivity contribution in [2.75, 3.05) is 0 Å². The number of nitrogens with one attached hydrogen (secondary N) is 2. The number of hydrogen-bond acceptors (Lipinski definition) is 4. The van der Waals surface area contributed by atoms with E-state index in [0.29, 0.717) is 5.69 Å². The van der Waals surface area contributed by atoms with Crippen molar-refractivity contribution in [1.29, 1.82) is 0 Å². The summed E-state index contributed by atoms with van der Waals surface area (Å²) in [5.41, 5.74) is 7.05. The number of amides is 2. The summed E-state index contributed by atoms with van der Waals surface area (Å²) < 4.78 is 30.4. The van der Waals surface area contributed by atoms with Gasteiger partial charge in [-0.3, -0.25) is 20.4 Å². The van der Waals surface area contributed by atoms with Crippen LogP contribution in [0.25, 0.3) is 16.9 Å². The zero-order chi connectivity index (χ0) is 23.2. The smallest absolute Gasteiger partial charge is 0.387 e. The van der Waals surface area contributed by atoms with E-state index in [1.54, 1.807) is 10.9 Å². The van der Waals surface area contributed by atoms with Gasteiger partial charge in [0.2, 0.25) is 0 Å². The van der Waals surface area contributed by atoms with Gasteiger partial charge in [-0.2, -0.15) is 13.9 Å². The second-order valence-corrected chi connectivity index (χ2v) is 6.85. The number of carbonyl (C=O) groups is 2. The largest absolute Gasteiger partial charge is 0.435 e. The van der Waals surface area contributed by atoms with E-state index in [-0.39, 0.29) is 16.9 Å². The maximum absolute atomic E-state index is 12.9. The molecule has 9 heteroatoms. The van der Waals surface area contributed by atoms with E-state index in [9.17, 15) is 18.4 Å². The number of ether oxygens (including phenoxy) is 1. The molecular weight excluding hydrogens is 430 g/mol. The van der Waals surface area contributed by atoms with Crippen LogP contribution in [0.5, 0.6) is 5.75 Å². The number of para-hydroxylation sites is 1. The summed E-state index contributed by atoms with van der Waals surface area (Å²) in [5.74, 6) is -1.27. The number of alkyl halides is 2. The molecule has 1 heterocycles. The third-order valence-electron chi connectivity index (χ3n) is 4.66. The van der Waals surface area contributed by atoms with Crippen LogP contribution in [-0.2, 0) is 0 Å². The molecule has 0 saturated heterocycles. The highest BCUT2D eigenvalue weighted by Gasteiger charge is 2.19. The van der Waals surface area contributed by atoms with Crippen molar-refractivity contribution in [1.82, 2.24) is 20.6 Å². The molecule has 0 saturated carbocycles. The molecule has 0 unspecified atom stereocenters. The molecule has 0 fully saturated rings. The Hall–Kier alpha value is -4.53. The maximum Gasteiger partial charge on any atom is 0.387 e. The first-order valence-electron chi connectivity index (χ1n) is 9.87. The highest BCUT2D eigenvalue weighted by atomic mass is 19.3. The van der Waals surface area contributed by atoms with E-state index in [4.69, 9.17) is 0 Å². The topological polar surface area (TPSA) is 85.3 Å². The Labute approximate surface area is 187 Å². The molecule has 0 aliphatic carbocycles. The number of benzene rings is 3. The van der Waals surface area contributed by atoms with Gasteiger partial charge in [0.05, 0.1) is 11.3 Å². The summed E-state index contributed by atoms with van der Waals surface area (Å²) in [4.78, 5) is 25.3. The fourth-order valence-corrected chi connectivity index (χ4v) is 3.10. The minimum absolute atomic E-state index is 0.0774. The van der Waals surface area contributed by atoms with Gasteiger partial charge in [0.1, 0.15) is 11.4 Å². The standard InChI is InChI=1S/C24H18F2N4O3/c25-24(26)33-19-13-11-17(12-14-19)22(31)27-28-23(32)20-15-30(18-9-5-2-6-10-18)29-21(20)16-7-3-1-4-8-16/h1-15,24H,(H,27,31)(H,28,32). The molecule has 0 radical (unpaired) electrons. The summed E-state index contributed by atoms with van der Waals surface area (Å²) in [6.45, 7) is -2.96. The molecule has 3 aromatic carbocycles. The number of aromatic nitrogens is 2. The van der Waals surface area contributed by atoms with E-state index < -0.39 is 18.4 Å². The van der Waals surface area contributed by atoms with Crippen LogP contribution in [0.4, 0.5) is 8.78 Å². The van der Waals surface area contributed by atoms with Crippen molar-refractivity contribution in [3.8, 4) is 22.7 Å². The predicted octanol–water partition coefficient (Wildman–Crippen LogP) is 4.22. The Morgan fingerprint density at radius 3 is 2.06 bits per heavy atom. The van der Waals surface area contributed by atoms with E-state index in [2.05, 4.69) is 20.7 Å². The van der Waals surface area contributed by atoms with Crippen LogP contribution in [0.3, 0.4) is 0 Å². The molecule has 0 bridgehead atoms. The number of rotatable bonds is 6. The molecule has 0 aliphatic rings. The summed E-state index contributed by atoms with van der Waals surface area (Å²) in [6, 6.07) is 23.6. The molecule has 4 rings (SSSR count). The van der Waals surface area contributed by atoms with Gasteiger partial charge in [-0.05, 0) is 36.4 Å². The summed E-state index contributed by atoms with van der Waals surface area (Å²) in [7, 11) is 0. The monoisotopic (exact) mass is 448 g/mol. The molecule has 1 aromatic heterocycles. The average molecular weight is 448 g/mol. The molecule has 0 atom stereocenters. The van der Waals surface area contributed by atoms with Gasteiger partial charge in [0.25, 0.3) is 11.8 Å². The van der Waals surface area contributed by atoms with Crippen LogP contribution in [0, 0.1) is 0 Å². The van der Waals surface area contributed by atoms with Crippen molar-refractivity contribution < 1.29 is 23.1 Å². The van der Waals surface area contributed by atoms with Gasteiger partial charge < -0.3 is 4.74 Å². The third-order valence-corrected chi connectivity index (χ3v) is 4.66. The fourth-order valence-electron chi connectivity index (χ4n) is 3.10. The second-order valence-electron chi connectivity index (χ2n) is 6.85. The van der Waals surface area contributed by atoms with E-state index in [1.807, 2.05) is 60.7 Å². The van der Waals surface area contributed by atoms with Crippen LogP contribution in [-0.4, -0.2) is 28.2 Å². The molecule has 0 spiro atoms. The van der Waals surface area contributed by atoms with Gasteiger partial charge in [-0.15, -0.1) is 0 Å². The maximum atomic E-state index is 12.9. The molecule has 166 valence electrons. The Balaban J connectivity index is 1.52. The lowest BCUT2D eigenvalue weighted by Gasteiger charge is -2.08. The normalized spacial score (nSPS) is 10.6. The lowest BCUT2D eigenvalue weighted by atomic mass is 10.1. The average Bonchev–Trinajstić information content (AvgIpc) is 3.29. The third kappa shape index (κ3) is 5.21. The highest BCUT2D eigenvalue weighted by molar-refractivity contribution is 6.02. The van der Waals surface area contributed by atoms with Crippen LogP contribution in [0.2, 0.25) is 0 Å². The predicted molar refractivity (Wildman–Crippen MR) is 117 cm³/mol. The number of carbonyl (C=O) groups excluding carboxylic acids is 2. The van der Waals surface area contributed by atoms with Gasteiger partial charge in [0.15, 0.2) is 0 Å². The van der Waals surface area contributed by atoms with Gasteiger partial charge in [-0.25, -0.2) is 4.68 Å². The van der Waals surface area contributed by atoms with E-state index in [1.165, 1.54) is 24.3 Å². The van der Waals surface area contributed by atoms with Gasteiger partial charge in [0, 0.05) is 17.3 Å². The Morgan fingerprint density at radius 2 is 1.42 bits per heavy atom.